The van der Waals surface area contributed by atoms with E-state index in [2.05, 4.69) is 10.3 Å². The number of aromatic nitrogens is 1. The van der Waals surface area contributed by atoms with Crippen LogP contribution in [0.3, 0.4) is 0 Å². The zero-order valence-electron chi connectivity index (χ0n) is 18.5. The quantitative estimate of drug-likeness (QED) is 0.346. The number of methoxy groups -OCH3 is 1. The molecule has 0 amide bonds. The molecule has 1 aromatic heterocycles. The number of hydrogen-bond donors (Lipinski definition) is 1. The Labute approximate surface area is 189 Å². The van der Waals surface area contributed by atoms with Crippen molar-refractivity contribution in [2.75, 3.05) is 43.6 Å². The van der Waals surface area contributed by atoms with Crippen molar-refractivity contribution >= 4 is 39.6 Å². The average molecular weight is 454 g/mol. The summed E-state index contributed by atoms with van der Waals surface area (Å²) in [7, 11) is 1.17. The lowest BCUT2D eigenvalue weighted by Crippen LogP contribution is -2.36. The monoisotopic (exact) mass is 454 g/mol. The normalized spacial score (nSPS) is 13.8. The molecule has 1 aliphatic rings. The maximum Gasteiger partial charge on any atom is 0.345 e. The van der Waals surface area contributed by atoms with Crippen LogP contribution in [0.25, 0.3) is 10.9 Å². The second-order valence-corrected chi connectivity index (χ2v) is 7.70. The van der Waals surface area contributed by atoms with E-state index in [9.17, 15) is 19.3 Å². The van der Waals surface area contributed by atoms with Gasteiger partial charge in [-0.05, 0) is 37.6 Å². The molecule has 0 aliphatic carbocycles. The number of carbonyl (C=O) groups excluding carboxylic acids is 1. The fraction of sp³-hybridized carbons (Fsp3) is 0.304. The fourth-order valence-electron chi connectivity index (χ4n) is 3.94. The van der Waals surface area contributed by atoms with Crippen molar-refractivity contribution in [1.82, 2.24) is 4.98 Å². The van der Waals surface area contributed by atoms with E-state index in [-0.39, 0.29) is 16.8 Å². The molecule has 0 saturated carbocycles. The fourth-order valence-corrected chi connectivity index (χ4v) is 3.94. The number of nitro groups is 1. The molecule has 0 unspecified atom stereocenters. The number of ether oxygens (including phenoxy) is 2. The number of nitro benzene ring substituents is 1. The molecule has 33 heavy (non-hydrogen) atoms. The Morgan fingerprint density at radius 2 is 2.00 bits per heavy atom. The van der Waals surface area contributed by atoms with Gasteiger partial charge in [0, 0.05) is 29.9 Å². The van der Waals surface area contributed by atoms with Gasteiger partial charge >= 0.3 is 11.7 Å². The van der Waals surface area contributed by atoms with Crippen LogP contribution in [-0.2, 0) is 9.47 Å². The van der Waals surface area contributed by atoms with Crippen LogP contribution in [0.2, 0.25) is 0 Å². The molecular weight excluding hydrogens is 431 g/mol. The molecule has 1 saturated heterocycles. The van der Waals surface area contributed by atoms with E-state index in [0.29, 0.717) is 54.3 Å². The number of hydrogen-bond acceptors (Lipinski definition) is 8. The predicted octanol–water partition coefficient (Wildman–Crippen LogP) is 4.27. The van der Waals surface area contributed by atoms with Crippen molar-refractivity contribution in [3.8, 4) is 0 Å². The van der Waals surface area contributed by atoms with Gasteiger partial charge in [-0.2, -0.15) is 0 Å². The summed E-state index contributed by atoms with van der Waals surface area (Å²) in [6, 6.07) is 7.64. The summed E-state index contributed by atoms with van der Waals surface area (Å²) in [6.07, 6.45) is 0. The minimum atomic E-state index is -0.821. The lowest BCUT2D eigenvalue weighted by molar-refractivity contribution is -0.384. The third-order valence-corrected chi connectivity index (χ3v) is 5.77. The molecular formula is C23H23FN4O5. The van der Waals surface area contributed by atoms with Crippen LogP contribution in [0.4, 0.5) is 27.1 Å². The van der Waals surface area contributed by atoms with E-state index in [1.54, 1.807) is 32.0 Å². The van der Waals surface area contributed by atoms with Crippen LogP contribution in [0.5, 0.6) is 0 Å². The summed E-state index contributed by atoms with van der Waals surface area (Å²) < 4.78 is 24.7. The molecule has 3 aromatic rings. The first-order valence-corrected chi connectivity index (χ1v) is 10.4. The summed E-state index contributed by atoms with van der Waals surface area (Å²) in [4.78, 5) is 30.3. The Kier molecular flexibility index (Phi) is 6.10. The van der Waals surface area contributed by atoms with Gasteiger partial charge in [0.25, 0.3) is 0 Å². The summed E-state index contributed by atoms with van der Waals surface area (Å²) >= 11 is 0. The third kappa shape index (κ3) is 4.17. The van der Waals surface area contributed by atoms with Crippen molar-refractivity contribution in [1.29, 1.82) is 0 Å². The van der Waals surface area contributed by atoms with Gasteiger partial charge in [-0.15, -0.1) is 0 Å². The molecule has 1 fully saturated rings. The summed E-state index contributed by atoms with van der Waals surface area (Å²) in [5.41, 5.74) is 2.05. The van der Waals surface area contributed by atoms with Crippen molar-refractivity contribution in [3.05, 3.63) is 63.1 Å². The first-order valence-electron chi connectivity index (χ1n) is 10.4. The molecule has 2 aromatic carbocycles. The third-order valence-electron chi connectivity index (χ3n) is 5.77. The number of fused-ring (bicyclic) bond motifs is 1. The molecule has 0 bridgehead atoms. The molecule has 172 valence electrons. The largest absolute Gasteiger partial charge is 0.465 e. The Morgan fingerprint density at radius 3 is 2.67 bits per heavy atom. The SMILES string of the molecule is COC(=O)c1cc(N2CCOCC2)cc(Nc2c(C)c(C)nc3c(F)cccc23)c1[N+](=O)[O-]. The van der Waals surface area contributed by atoms with Gasteiger partial charge in [-0.1, -0.05) is 12.1 Å². The summed E-state index contributed by atoms with van der Waals surface area (Å²) in [5.74, 6) is -1.32. The number of anilines is 3. The zero-order valence-corrected chi connectivity index (χ0v) is 18.5. The molecule has 2 heterocycles. The number of halogens is 1. The number of rotatable bonds is 5. The van der Waals surface area contributed by atoms with Gasteiger partial charge < -0.3 is 19.7 Å². The molecule has 1 N–H and O–H groups in total. The van der Waals surface area contributed by atoms with Gasteiger partial charge in [-0.25, -0.2) is 14.2 Å². The summed E-state index contributed by atoms with van der Waals surface area (Å²) in [5, 5.41) is 15.7. The number of esters is 1. The average Bonchev–Trinajstić information content (AvgIpc) is 2.82. The molecule has 10 heteroatoms. The number of carbonyl (C=O) groups is 1. The lowest BCUT2D eigenvalue weighted by Gasteiger charge is -2.29. The number of aryl methyl sites for hydroxylation is 1. The first-order chi connectivity index (χ1) is 15.8. The highest BCUT2D eigenvalue weighted by Gasteiger charge is 2.29. The maximum absolute atomic E-state index is 14.5. The Morgan fingerprint density at radius 1 is 1.27 bits per heavy atom. The molecule has 0 radical (unpaired) electrons. The van der Waals surface area contributed by atoms with Crippen LogP contribution in [0.15, 0.2) is 30.3 Å². The highest BCUT2D eigenvalue weighted by atomic mass is 19.1. The number of morpholine rings is 1. The van der Waals surface area contributed by atoms with Gasteiger partial charge in [0.1, 0.15) is 22.6 Å². The van der Waals surface area contributed by atoms with E-state index in [4.69, 9.17) is 9.47 Å². The van der Waals surface area contributed by atoms with Crippen LogP contribution in [0.1, 0.15) is 21.6 Å². The number of benzene rings is 2. The maximum atomic E-state index is 14.5. The Balaban J connectivity index is 1.95. The Hall–Kier alpha value is -3.79. The minimum absolute atomic E-state index is 0.101. The van der Waals surface area contributed by atoms with Gasteiger partial charge in [0.2, 0.25) is 0 Å². The van der Waals surface area contributed by atoms with Crippen molar-refractivity contribution in [2.45, 2.75) is 13.8 Å². The minimum Gasteiger partial charge on any atom is -0.465 e. The first kappa shape index (κ1) is 22.4. The summed E-state index contributed by atoms with van der Waals surface area (Å²) in [6.45, 7) is 5.68. The van der Waals surface area contributed by atoms with E-state index in [1.165, 1.54) is 19.2 Å². The van der Waals surface area contributed by atoms with E-state index < -0.39 is 22.4 Å². The molecule has 1 aliphatic heterocycles. The van der Waals surface area contributed by atoms with E-state index in [1.807, 2.05) is 4.90 Å². The van der Waals surface area contributed by atoms with Crippen LogP contribution >= 0.6 is 0 Å². The van der Waals surface area contributed by atoms with E-state index in [0.717, 1.165) is 0 Å². The number of nitrogens with one attached hydrogen (secondary N) is 1. The Bertz CT molecular complexity index is 1260. The molecule has 0 atom stereocenters. The van der Waals surface area contributed by atoms with Gasteiger partial charge in [-0.3, -0.25) is 10.1 Å². The van der Waals surface area contributed by atoms with Crippen molar-refractivity contribution < 1.29 is 23.6 Å². The molecule has 0 spiro atoms. The highest BCUT2D eigenvalue weighted by molar-refractivity contribution is 6.01. The van der Waals surface area contributed by atoms with Crippen molar-refractivity contribution in [2.24, 2.45) is 0 Å². The molecule has 4 rings (SSSR count). The van der Waals surface area contributed by atoms with E-state index >= 15 is 0 Å². The standard InChI is InChI=1S/C23H23FN4O5/c1-13-14(2)25-21-16(5-4-6-18(21)24)20(13)26-19-12-15(27-7-9-33-10-8-27)11-17(23(29)32-3)22(19)28(30)31/h4-6,11-12H,7-10H2,1-3H3,(H,25,26). The lowest BCUT2D eigenvalue weighted by atomic mass is 10.0. The smallest absolute Gasteiger partial charge is 0.345 e. The second-order valence-electron chi connectivity index (χ2n) is 7.70. The number of nitrogens with zero attached hydrogens (tertiary/aromatic N) is 3. The van der Waals surface area contributed by atoms with Gasteiger partial charge in [0.15, 0.2) is 0 Å². The highest BCUT2D eigenvalue weighted by Crippen LogP contribution is 2.39. The topological polar surface area (TPSA) is 107 Å². The zero-order chi connectivity index (χ0) is 23.7. The second kappa shape index (κ2) is 8.99. The predicted molar refractivity (Wildman–Crippen MR) is 122 cm³/mol. The van der Waals surface area contributed by atoms with Crippen LogP contribution in [0, 0.1) is 29.8 Å². The van der Waals surface area contributed by atoms with Crippen molar-refractivity contribution in [3.63, 3.8) is 0 Å². The number of para-hydroxylation sites is 1. The van der Waals surface area contributed by atoms with Crippen LogP contribution < -0.4 is 10.2 Å². The van der Waals surface area contributed by atoms with Gasteiger partial charge in [0.05, 0.1) is 30.9 Å². The van der Waals surface area contributed by atoms with Crippen LogP contribution in [-0.4, -0.2) is 49.3 Å². The molecule has 9 nitrogen and oxygen atoms in total. The number of pyridine rings is 1.